The van der Waals surface area contributed by atoms with Crippen LogP contribution in [0.25, 0.3) is 11.0 Å². The predicted octanol–water partition coefficient (Wildman–Crippen LogP) is 6.03. The molecule has 0 unspecified atom stereocenters. The van der Waals surface area contributed by atoms with Crippen LogP contribution in [-0.4, -0.2) is 34.1 Å². The number of fused-ring (bicyclic) bond motifs is 1. The third-order valence-corrected chi connectivity index (χ3v) is 6.70. The summed E-state index contributed by atoms with van der Waals surface area (Å²) in [5.74, 6) is 3.19. The van der Waals surface area contributed by atoms with Crippen molar-refractivity contribution in [2.24, 2.45) is 13.0 Å². The van der Waals surface area contributed by atoms with Crippen molar-refractivity contribution < 1.29 is 4.74 Å². The third kappa shape index (κ3) is 4.65. The second-order valence-electron chi connectivity index (χ2n) is 8.63. The molecular formula is C25H32ClN3O. The SMILES string of the molecule is CC[C@H](C)COc1ccc(Cl)cc1C1CCN(Cc2nc3ccccc3n2C)CC1. The fourth-order valence-electron chi connectivity index (χ4n) is 4.26. The Bertz CT molecular complexity index is 991. The number of para-hydroxylation sites is 2. The van der Waals surface area contributed by atoms with Gasteiger partial charge in [-0.25, -0.2) is 4.98 Å². The van der Waals surface area contributed by atoms with E-state index < -0.39 is 0 Å². The number of halogens is 1. The Morgan fingerprint density at radius 2 is 1.93 bits per heavy atom. The van der Waals surface area contributed by atoms with Gasteiger partial charge in [0, 0.05) is 12.1 Å². The molecule has 5 heteroatoms. The van der Waals surface area contributed by atoms with Gasteiger partial charge in [0.05, 0.1) is 24.2 Å². The van der Waals surface area contributed by atoms with Gasteiger partial charge in [-0.05, 0) is 73.7 Å². The summed E-state index contributed by atoms with van der Waals surface area (Å²) in [5, 5.41) is 0.794. The lowest BCUT2D eigenvalue weighted by molar-refractivity contribution is 0.195. The van der Waals surface area contributed by atoms with Crippen molar-refractivity contribution >= 4 is 22.6 Å². The molecule has 0 bridgehead atoms. The minimum atomic E-state index is 0.493. The largest absolute Gasteiger partial charge is 0.493 e. The zero-order valence-corrected chi connectivity index (χ0v) is 19.0. The lowest BCUT2D eigenvalue weighted by Gasteiger charge is -2.32. The van der Waals surface area contributed by atoms with E-state index in [4.69, 9.17) is 21.3 Å². The molecule has 1 aliphatic heterocycles. The molecule has 0 spiro atoms. The summed E-state index contributed by atoms with van der Waals surface area (Å²) >= 11 is 6.34. The minimum absolute atomic E-state index is 0.493. The van der Waals surface area contributed by atoms with Crippen LogP contribution in [0.5, 0.6) is 5.75 Å². The molecule has 1 aliphatic rings. The van der Waals surface area contributed by atoms with E-state index >= 15 is 0 Å². The van der Waals surface area contributed by atoms with Gasteiger partial charge in [-0.3, -0.25) is 4.90 Å². The van der Waals surface area contributed by atoms with Gasteiger partial charge >= 0.3 is 0 Å². The van der Waals surface area contributed by atoms with Crippen LogP contribution in [0.3, 0.4) is 0 Å². The smallest absolute Gasteiger partial charge is 0.123 e. The van der Waals surface area contributed by atoms with Gasteiger partial charge in [-0.1, -0.05) is 44.0 Å². The summed E-state index contributed by atoms with van der Waals surface area (Å²) in [5.41, 5.74) is 3.55. The van der Waals surface area contributed by atoms with Crippen molar-refractivity contribution in [2.75, 3.05) is 19.7 Å². The number of aryl methyl sites for hydroxylation is 1. The van der Waals surface area contributed by atoms with E-state index in [1.807, 2.05) is 12.1 Å². The summed E-state index contributed by atoms with van der Waals surface area (Å²) < 4.78 is 8.41. The van der Waals surface area contributed by atoms with E-state index in [0.29, 0.717) is 11.8 Å². The van der Waals surface area contributed by atoms with Crippen LogP contribution in [0.1, 0.15) is 50.4 Å². The maximum Gasteiger partial charge on any atom is 0.123 e. The van der Waals surface area contributed by atoms with Crippen LogP contribution >= 0.6 is 11.6 Å². The van der Waals surface area contributed by atoms with Gasteiger partial charge in [0.1, 0.15) is 11.6 Å². The monoisotopic (exact) mass is 425 g/mol. The van der Waals surface area contributed by atoms with Crippen molar-refractivity contribution in [1.29, 1.82) is 0 Å². The van der Waals surface area contributed by atoms with Crippen molar-refractivity contribution in [2.45, 2.75) is 45.6 Å². The Morgan fingerprint density at radius 3 is 2.67 bits per heavy atom. The fraction of sp³-hybridized carbons (Fsp3) is 0.480. The summed E-state index contributed by atoms with van der Waals surface area (Å²) in [4.78, 5) is 7.36. The zero-order valence-electron chi connectivity index (χ0n) is 18.3. The number of benzene rings is 2. The summed E-state index contributed by atoms with van der Waals surface area (Å²) in [6.45, 7) is 8.21. The molecule has 0 aliphatic carbocycles. The maximum absolute atomic E-state index is 6.34. The fourth-order valence-corrected chi connectivity index (χ4v) is 4.44. The molecule has 2 heterocycles. The highest BCUT2D eigenvalue weighted by Crippen LogP contribution is 2.36. The molecule has 0 saturated carbocycles. The van der Waals surface area contributed by atoms with Crippen molar-refractivity contribution in [1.82, 2.24) is 14.5 Å². The number of ether oxygens (including phenoxy) is 1. The van der Waals surface area contributed by atoms with Crippen molar-refractivity contribution in [3.63, 3.8) is 0 Å². The highest BCUT2D eigenvalue weighted by molar-refractivity contribution is 6.30. The zero-order chi connectivity index (χ0) is 21.1. The number of hydrogen-bond donors (Lipinski definition) is 0. The van der Waals surface area contributed by atoms with E-state index in [0.717, 1.165) is 67.6 Å². The predicted molar refractivity (Wildman–Crippen MR) is 124 cm³/mol. The Morgan fingerprint density at radius 1 is 1.17 bits per heavy atom. The van der Waals surface area contributed by atoms with Gasteiger partial charge in [-0.15, -0.1) is 0 Å². The average Bonchev–Trinajstić information content (AvgIpc) is 3.08. The molecular weight excluding hydrogens is 394 g/mol. The Balaban J connectivity index is 1.42. The Labute approximate surface area is 184 Å². The molecule has 2 aromatic carbocycles. The van der Waals surface area contributed by atoms with Crippen LogP contribution in [0.4, 0.5) is 0 Å². The highest BCUT2D eigenvalue weighted by atomic mass is 35.5. The molecule has 3 aromatic rings. The maximum atomic E-state index is 6.34. The first-order valence-electron chi connectivity index (χ1n) is 11.1. The number of nitrogens with zero attached hydrogens (tertiary/aromatic N) is 3. The molecule has 1 fully saturated rings. The molecule has 1 atom stereocenters. The molecule has 4 nitrogen and oxygen atoms in total. The number of aromatic nitrogens is 2. The molecule has 1 saturated heterocycles. The second-order valence-corrected chi connectivity index (χ2v) is 9.07. The van der Waals surface area contributed by atoms with E-state index in [1.54, 1.807) is 0 Å². The van der Waals surface area contributed by atoms with Gasteiger partial charge in [0.2, 0.25) is 0 Å². The third-order valence-electron chi connectivity index (χ3n) is 6.46. The van der Waals surface area contributed by atoms with Crippen molar-refractivity contribution in [3.8, 4) is 5.75 Å². The molecule has 30 heavy (non-hydrogen) atoms. The lowest BCUT2D eigenvalue weighted by Crippen LogP contribution is -2.33. The number of likely N-dealkylation sites (tertiary alicyclic amines) is 1. The lowest BCUT2D eigenvalue weighted by atomic mass is 9.88. The summed E-state index contributed by atoms with van der Waals surface area (Å²) in [7, 11) is 2.12. The number of imidazole rings is 1. The van der Waals surface area contributed by atoms with Crippen LogP contribution in [0.15, 0.2) is 42.5 Å². The van der Waals surface area contributed by atoms with Gasteiger partial charge in [0.25, 0.3) is 0 Å². The Hall–Kier alpha value is -2.04. The number of piperidine rings is 1. The Kier molecular flexibility index (Phi) is 6.64. The molecule has 4 rings (SSSR count). The number of hydrogen-bond acceptors (Lipinski definition) is 3. The molecule has 1 aromatic heterocycles. The van der Waals surface area contributed by atoms with E-state index in [2.05, 4.69) is 60.7 Å². The van der Waals surface area contributed by atoms with Gasteiger partial charge < -0.3 is 9.30 Å². The molecule has 0 amide bonds. The first kappa shape index (κ1) is 21.2. The summed E-state index contributed by atoms with van der Waals surface area (Å²) in [6.07, 6.45) is 3.36. The second kappa shape index (κ2) is 9.40. The van der Waals surface area contributed by atoms with E-state index in [9.17, 15) is 0 Å². The normalized spacial score (nSPS) is 16.8. The average molecular weight is 426 g/mol. The molecule has 0 N–H and O–H groups in total. The van der Waals surface area contributed by atoms with Crippen molar-refractivity contribution in [3.05, 3.63) is 58.9 Å². The first-order chi connectivity index (χ1) is 14.5. The number of rotatable bonds is 7. The first-order valence-corrected chi connectivity index (χ1v) is 11.5. The van der Waals surface area contributed by atoms with Crippen LogP contribution in [0, 0.1) is 5.92 Å². The van der Waals surface area contributed by atoms with Gasteiger partial charge in [0.15, 0.2) is 0 Å². The van der Waals surface area contributed by atoms with Gasteiger partial charge in [-0.2, -0.15) is 0 Å². The van der Waals surface area contributed by atoms with E-state index in [1.165, 1.54) is 11.1 Å². The standard InChI is InChI=1S/C25H32ClN3O/c1-4-18(2)17-30-24-10-9-20(26)15-21(24)19-11-13-29(14-12-19)16-25-27-22-7-5-6-8-23(22)28(25)3/h5-10,15,18-19H,4,11-14,16-17H2,1-3H3/t18-/m0/s1. The highest BCUT2D eigenvalue weighted by Gasteiger charge is 2.24. The van der Waals surface area contributed by atoms with Crippen LogP contribution in [-0.2, 0) is 13.6 Å². The quantitative estimate of drug-likeness (QED) is 0.462. The van der Waals surface area contributed by atoms with Crippen LogP contribution < -0.4 is 4.74 Å². The van der Waals surface area contributed by atoms with E-state index in [-0.39, 0.29) is 0 Å². The minimum Gasteiger partial charge on any atom is -0.493 e. The summed E-state index contributed by atoms with van der Waals surface area (Å²) in [6, 6.07) is 14.5. The molecule has 160 valence electrons. The topological polar surface area (TPSA) is 30.3 Å². The molecule has 0 radical (unpaired) electrons. The van der Waals surface area contributed by atoms with Crippen LogP contribution in [0.2, 0.25) is 5.02 Å².